The normalized spacial score (nSPS) is 14.8. The van der Waals surface area contributed by atoms with Crippen molar-refractivity contribution in [1.82, 2.24) is 19.0 Å². The van der Waals surface area contributed by atoms with Crippen LogP contribution in [0.3, 0.4) is 0 Å². The Morgan fingerprint density at radius 1 is 1.68 bits per heavy atom. The van der Waals surface area contributed by atoms with Crippen LogP contribution in [0, 0.1) is 6.92 Å². The van der Waals surface area contributed by atoms with Crippen molar-refractivity contribution in [1.29, 1.82) is 0 Å². The van der Waals surface area contributed by atoms with Crippen LogP contribution < -0.4 is 5.32 Å². The molecule has 0 aromatic carbocycles. The number of carbonyl (C=O) groups is 1. The molecular formula is C8H14N6O3S2. The zero-order valence-electron chi connectivity index (χ0n) is 10.6. The summed E-state index contributed by atoms with van der Waals surface area (Å²) in [5.41, 5.74) is 0. The van der Waals surface area contributed by atoms with E-state index in [4.69, 9.17) is 4.55 Å². The molecule has 2 N–H and O–H groups in total. The van der Waals surface area contributed by atoms with Gasteiger partial charge in [0.2, 0.25) is 22.3 Å². The van der Waals surface area contributed by atoms with Crippen molar-refractivity contribution in [2.75, 3.05) is 20.6 Å². The minimum Gasteiger partial charge on any atom is -0.357 e. The molecule has 1 rings (SSSR count). The number of amides is 1. The fraction of sp³-hybridized carbons (Fsp3) is 0.625. The summed E-state index contributed by atoms with van der Waals surface area (Å²) >= 11 is -1.11. The average Bonchev–Trinajstić information content (AvgIpc) is 2.78. The molecular weight excluding hydrogens is 292 g/mol. The van der Waals surface area contributed by atoms with Crippen molar-refractivity contribution in [3.05, 3.63) is 5.82 Å². The average molecular weight is 306 g/mol. The minimum absolute atomic E-state index is 0.0376. The van der Waals surface area contributed by atoms with Crippen molar-refractivity contribution in [2.45, 2.75) is 13.0 Å². The molecule has 11 heteroatoms. The number of nitrogens with zero attached hydrogens (tertiary/aromatic N) is 5. The highest BCUT2D eigenvalue weighted by Crippen LogP contribution is 2.15. The van der Waals surface area contributed by atoms with Crippen LogP contribution in [0.5, 0.6) is 0 Å². The van der Waals surface area contributed by atoms with E-state index in [9.17, 15) is 9.00 Å². The van der Waals surface area contributed by atoms with Crippen LogP contribution in [0.2, 0.25) is 0 Å². The first kappa shape index (κ1) is 15.8. The number of likely N-dealkylation sites (N-methyl/N-ethyl adjacent to an activating group) is 2. The summed E-state index contributed by atoms with van der Waals surface area (Å²) in [5, 5.41) is 10.4. The summed E-state index contributed by atoms with van der Waals surface area (Å²) in [6.45, 7) is 1.68. The largest absolute Gasteiger partial charge is 0.357 e. The third kappa shape index (κ3) is 5.06. The third-order valence-corrected chi connectivity index (χ3v) is 3.42. The maximum absolute atomic E-state index is 11.6. The van der Waals surface area contributed by atoms with Gasteiger partial charge in [-0.05, 0) is 6.92 Å². The van der Waals surface area contributed by atoms with E-state index < -0.39 is 23.2 Å². The number of rotatable bonds is 6. The summed E-state index contributed by atoms with van der Waals surface area (Å²) in [6, 6.07) is -0.893. The lowest BCUT2D eigenvalue weighted by molar-refractivity contribution is -0.122. The van der Waals surface area contributed by atoms with Crippen molar-refractivity contribution in [2.24, 2.45) is 10.2 Å². The number of nitrogens with one attached hydrogen (secondary N) is 1. The molecule has 1 aromatic heterocycles. The Balaban J connectivity index is 2.77. The summed E-state index contributed by atoms with van der Waals surface area (Å²) in [4.78, 5) is 15.6. The molecule has 1 aromatic rings. The van der Waals surface area contributed by atoms with Crippen LogP contribution in [-0.4, -0.2) is 55.0 Å². The monoisotopic (exact) mass is 306 g/mol. The first-order valence-corrected chi connectivity index (χ1v) is 7.02. The van der Waals surface area contributed by atoms with Gasteiger partial charge in [0.1, 0.15) is 5.82 Å². The van der Waals surface area contributed by atoms with E-state index >= 15 is 0 Å². The summed E-state index contributed by atoms with van der Waals surface area (Å²) < 4.78 is 24.7. The van der Waals surface area contributed by atoms with Gasteiger partial charge in [0.25, 0.3) is 0 Å². The maximum Gasteiger partial charge on any atom is 0.248 e. The van der Waals surface area contributed by atoms with Crippen LogP contribution in [-0.2, 0) is 16.1 Å². The van der Waals surface area contributed by atoms with Gasteiger partial charge in [0.15, 0.2) is 6.04 Å². The van der Waals surface area contributed by atoms with Gasteiger partial charge in [-0.2, -0.15) is 9.49 Å². The lowest BCUT2D eigenvalue weighted by atomic mass is 10.3. The van der Waals surface area contributed by atoms with Crippen molar-refractivity contribution in [3.8, 4) is 0 Å². The third-order valence-electron chi connectivity index (χ3n) is 2.05. The summed E-state index contributed by atoms with van der Waals surface area (Å²) in [6.07, 6.45) is 0. The molecule has 0 saturated carbocycles. The van der Waals surface area contributed by atoms with E-state index in [2.05, 4.69) is 24.9 Å². The van der Waals surface area contributed by atoms with E-state index in [0.29, 0.717) is 11.0 Å². The summed E-state index contributed by atoms with van der Waals surface area (Å²) in [7, 11) is 2.85. The molecule has 1 heterocycles. The predicted molar refractivity (Wildman–Crippen MR) is 70.4 cm³/mol. The quantitative estimate of drug-likeness (QED) is 0.571. The molecule has 0 aliphatic rings. The highest BCUT2D eigenvalue weighted by atomic mass is 32.2. The SMILES string of the molecule is CNC(=O)C(CN(C)S(=O)O)N=Nc1nc(C)ns1. The number of hydrogen-bond donors (Lipinski definition) is 2. The molecule has 9 nitrogen and oxygen atoms in total. The zero-order valence-corrected chi connectivity index (χ0v) is 12.2. The van der Waals surface area contributed by atoms with E-state index in [1.165, 1.54) is 14.1 Å². The van der Waals surface area contributed by atoms with Gasteiger partial charge in [-0.3, -0.25) is 9.35 Å². The molecule has 0 fully saturated rings. The van der Waals surface area contributed by atoms with Gasteiger partial charge in [-0.25, -0.2) is 13.5 Å². The van der Waals surface area contributed by atoms with Crippen LogP contribution in [0.15, 0.2) is 10.2 Å². The first-order valence-electron chi connectivity index (χ1n) is 5.19. The molecule has 1 amide bonds. The van der Waals surface area contributed by atoms with Gasteiger partial charge in [-0.1, -0.05) is 0 Å². The van der Waals surface area contributed by atoms with Gasteiger partial charge in [0.05, 0.1) is 0 Å². The number of hydrogen-bond acceptors (Lipinski definition) is 7. The molecule has 0 radical (unpaired) electrons. The predicted octanol–water partition coefficient (Wildman–Crippen LogP) is 0.113. The fourth-order valence-corrected chi connectivity index (χ4v) is 1.87. The van der Waals surface area contributed by atoms with Gasteiger partial charge in [-0.15, -0.1) is 5.11 Å². The van der Waals surface area contributed by atoms with Crippen LogP contribution in [0.1, 0.15) is 5.82 Å². The smallest absolute Gasteiger partial charge is 0.248 e. The van der Waals surface area contributed by atoms with E-state index in [0.717, 1.165) is 15.8 Å². The topological polar surface area (TPSA) is 120 Å². The van der Waals surface area contributed by atoms with Gasteiger partial charge < -0.3 is 5.32 Å². The molecule has 0 spiro atoms. The van der Waals surface area contributed by atoms with E-state index in [-0.39, 0.29) is 6.54 Å². The second-order valence-electron chi connectivity index (χ2n) is 3.51. The number of aryl methyl sites for hydroxylation is 1. The highest BCUT2D eigenvalue weighted by molar-refractivity contribution is 7.76. The number of carbonyl (C=O) groups excluding carboxylic acids is 1. The molecule has 19 heavy (non-hydrogen) atoms. The second kappa shape index (κ2) is 7.33. The highest BCUT2D eigenvalue weighted by Gasteiger charge is 2.21. The molecule has 0 saturated heterocycles. The Morgan fingerprint density at radius 3 is 2.84 bits per heavy atom. The minimum atomic E-state index is -2.17. The lowest BCUT2D eigenvalue weighted by Gasteiger charge is -2.15. The molecule has 2 atom stereocenters. The van der Waals surface area contributed by atoms with Gasteiger partial charge >= 0.3 is 0 Å². The van der Waals surface area contributed by atoms with Crippen molar-refractivity contribution < 1.29 is 13.6 Å². The Kier molecular flexibility index (Phi) is 6.08. The maximum atomic E-state index is 11.6. The fourth-order valence-electron chi connectivity index (χ4n) is 1.09. The van der Waals surface area contributed by atoms with E-state index in [1.807, 2.05) is 0 Å². The Bertz CT molecular complexity index is 491. The van der Waals surface area contributed by atoms with E-state index in [1.54, 1.807) is 6.92 Å². The Morgan fingerprint density at radius 2 is 2.37 bits per heavy atom. The Hall–Kier alpha value is -1.30. The first-order chi connectivity index (χ1) is 8.93. The molecule has 106 valence electrons. The van der Waals surface area contributed by atoms with Crippen LogP contribution >= 0.6 is 11.5 Å². The lowest BCUT2D eigenvalue weighted by Crippen LogP contribution is -2.39. The zero-order chi connectivity index (χ0) is 14.4. The van der Waals surface area contributed by atoms with Crippen LogP contribution in [0.25, 0.3) is 0 Å². The molecule has 0 bridgehead atoms. The summed E-state index contributed by atoms with van der Waals surface area (Å²) in [5.74, 6) is 0.173. The number of azo groups is 1. The van der Waals surface area contributed by atoms with Crippen molar-refractivity contribution in [3.63, 3.8) is 0 Å². The second-order valence-corrected chi connectivity index (χ2v) is 5.33. The molecule has 0 aliphatic carbocycles. The molecule has 0 aliphatic heterocycles. The standard InChI is InChI=1S/C8H14N6O3S2/c1-5-10-8(18-13-5)12-11-6(7(15)9-2)4-14(3)19(16)17/h6H,4H2,1-3H3,(H,9,15)(H,16,17). The Labute approximate surface area is 116 Å². The number of aromatic nitrogens is 2. The van der Waals surface area contributed by atoms with Crippen molar-refractivity contribution >= 4 is 33.8 Å². The van der Waals surface area contributed by atoms with Crippen LogP contribution in [0.4, 0.5) is 5.13 Å². The molecule has 2 unspecified atom stereocenters. The van der Waals surface area contributed by atoms with Gasteiger partial charge in [0, 0.05) is 32.2 Å².